The fraction of sp³-hybridized carbons (Fsp3) is 0.538. The van der Waals surface area contributed by atoms with Crippen LogP contribution in [0.3, 0.4) is 0 Å². The molecule has 0 saturated carbocycles. The molecule has 1 fully saturated rings. The Morgan fingerprint density at radius 2 is 2.40 bits per heavy atom. The van der Waals surface area contributed by atoms with Gasteiger partial charge in [0, 0.05) is 13.1 Å². The van der Waals surface area contributed by atoms with Crippen LogP contribution in [0.5, 0.6) is 0 Å². The molecule has 3 heterocycles. The van der Waals surface area contributed by atoms with Crippen molar-refractivity contribution in [3.8, 4) is 0 Å². The summed E-state index contributed by atoms with van der Waals surface area (Å²) in [5, 5.41) is 7.69. The lowest BCUT2D eigenvalue weighted by Gasteiger charge is -2.23. The van der Waals surface area contributed by atoms with Gasteiger partial charge in [0.2, 0.25) is 0 Å². The number of aromatic nitrogens is 4. The van der Waals surface area contributed by atoms with Crippen molar-refractivity contribution < 1.29 is 9.53 Å². The van der Waals surface area contributed by atoms with E-state index in [1.807, 2.05) is 13.8 Å². The molecule has 2 aromatic rings. The molecule has 1 N–H and O–H groups in total. The number of esters is 1. The Labute approximate surface area is 116 Å². The zero-order valence-electron chi connectivity index (χ0n) is 11.6. The molecule has 0 amide bonds. The normalized spacial score (nSPS) is 22.4. The van der Waals surface area contributed by atoms with E-state index in [0.717, 1.165) is 24.2 Å². The van der Waals surface area contributed by atoms with E-state index in [1.165, 1.54) is 6.33 Å². The van der Waals surface area contributed by atoms with Gasteiger partial charge in [0.15, 0.2) is 5.65 Å². The minimum Gasteiger partial charge on any atom is -0.466 e. The van der Waals surface area contributed by atoms with E-state index in [2.05, 4.69) is 25.1 Å². The molecule has 7 nitrogen and oxygen atoms in total. The number of nitrogens with zero attached hydrogens (tertiary/aromatic N) is 4. The van der Waals surface area contributed by atoms with Crippen LogP contribution >= 0.6 is 0 Å². The second-order valence-electron chi connectivity index (χ2n) is 5.28. The van der Waals surface area contributed by atoms with Crippen molar-refractivity contribution >= 4 is 22.8 Å². The summed E-state index contributed by atoms with van der Waals surface area (Å²) in [7, 11) is 0. The molecule has 1 atom stereocenters. The molecule has 1 unspecified atom stereocenters. The monoisotopic (exact) mass is 275 g/mol. The van der Waals surface area contributed by atoms with Gasteiger partial charge in [-0.2, -0.15) is 5.10 Å². The number of hydrogen-bond donors (Lipinski definition) is 1. The van der Waals surface area contributed by atoms with Gasteiger partial charge in [-0.3, -0.25) is 9.89 Å². The Morgan fingerprint density at radius 1 is 1.55 bits per heavy atom. The van der Waals surface area contributed by atoms with Crippen LogP contribution in [0.2, 0.25) is 0 Å². The van der Waals surface area contributed by atoms with E-state index in [0.29, 0.717) is 18.8 Å². The Hall–Kier alpha value is -2.18. The van der Waals surface area contributed by atoms with Gasteiger partial charge in [-0.25, -0.2) is 9.97 Å². The third-order valence-corrected chi connectivity index (χ3v) is 3.77. The minimum atomic E-state index is -0.475. The Balaban J connectivity index is 1.87. The van der Waals surface area contributed by atoms with E-state index >= 15 is 0 Å². The summed E-state index contributed by atoms with van der Waals surface area (Å²) in [5.41, 5.74) is 0.233. The van der Waals surface area contributed by atoms with Crippen LogP contribution in [0.1, 0.15) is 20.3 Å². The predicted octanol–water partition coefficient (Wildman–Crippen LogP) is 1.13. The predicted molar refractivity (Wildman–Crippen MR) is 73.3 cm³/mol. The average Bonchev–Trinajstić information content (AvgIpc) is 3.05. The van der Waals surface area contributed by atoms with E-state index in [1.54, 1.807) is 6.20 Å². The molecule has 106 valence electrons. The lowest BCUT2D eigenvalue weighted by molar-refractivity contribution is -0.153. The number of carbonyl (C=O) groups excluding carboxylic acids is 1. The maximum atomic E-state index is 12.1. The molecule has 2 aromatic heterocycles. The summed E-state index contributed by atoms with van der Waals surface area (Å²) in [4.78, 5) is 22.6. The van der Waals surface area contributed by atoms with Crippen molar-refractivity contribution in [2.45, 2.75) is 20.3 Å². The first-order chi connectivity index (χ1) is 9.64. The number of fused-ring (bicyclic) bond motifs is 1. The molecule has 20 heavy (non-hydrogen) atoms. The van der Waals surface area contributed by atoms with Crippen molar-refractivity contribution in [1.29, 1.82) is 0 Å². The summed E-state index contributed by atoms with van der Waals surface area (Å²) in [6, 6.07) is 0. The zero-order valence-corrected chi connectivity index (χ0v) is 11.6. The second-order valence-corrected chi connectivity index (χ2v) is 5.28. The first kappa shape index (κ1) is 12.8. The van der Waals surface area contributed by atoms with Gasteiger partial charge >= 0.3 is 5.97 Å². The van der Waals surface area contributed by atoms with Gasteiger partial charge in [0.05, 0.1) is 23.6 Å². The van der Waals surface area contributed by atoms with Crippen LogP contribution in [0, 0.1) is 5.41 Å². The first-order valence-corrected chi connectivity index (χ1v) is 6.70. The fourth-order valence-electron chi connectivity index (χ4n) is 2.62. The van der Waals surface area contributed by atoms with Crippen molar-refractivity contribution in [2.75, 3.05) is 24.6 Å². The molecule has 0 bridgehead atoms. The maximum absolute atomic E-state index is 12.1. The molecule has 1 aliphatic rings. The number of ether oxygens (including phenoxy) is 1. The van der Waals surface area contributed by atoms with Crippen LogP contribution in [0.25, 0.3) is 11.0 Å². The van der Waals surface area contributed by atoms with Crippen LogP contribution in [-0.2, 0) is 9.53 Å². The lowest BCUT2D eigenvalue weighted by Crippen LogP contribution is -2.33. The molecular formula is C13H17N5O2. The summed E-state index contributed by atoms with van der Waals surface area (Å²) >= 11 is 0. The highest BCUT2D eigenvalue weighted by molar-refractivity contribution is 5.87. The van der Waals surface area contributed by atoms with Crippen molar-refractivity contribution in [3.63, 3.8) is 0 Å². The Morgan fingerprint density at radius 3 is 3.20 bits per heavy atom. The Kier molecular flexibility index (Phi) is 3.04. The van der Waals surface area contributed by atoms with Crippen molar-refractivity contribution in [1.82, 2.24) is 20.2 Å². The van der Waals surface area contributed by atoms with Gasteiger partial charge in [0.1, 0.15) is 12.1 Å². The third kappa shape index (κ3) is 1.99. The van der Waals surface area contributed by atoms with E-state index in [-0.39, 0.29) is 5.97 Å². The van der Waals surface area contributed by atoms with Gasteiger partial charge in [-0.05, 0) is 20.3 Å². The van der Waals surface area contributed by atoms with Gasteiger partial charge in [0.25, 0.3) is 0 Å². The quantitative estimate of drug-likeness (QED) is 0.845. The second kappa shape index (κ2) is 4.73. The van der Waals surface area contributed by atoms with Crippen LogP contribution in [0.15, 0.2) is 12.5 Å². The molecule has 0 radical (unpaired) electrons. The smallest absolute Gasteiger partial charge is 0.313 e. The van der Waals surface area contributed by atoms with E-state index in [4.69, 9.17) is 4.74 Å². The topological polar surface area (TPSA) is 84.0 Å². The summed E-state index contributed by atoms with van der Waals surface area (Å²) in [5.74, 6) is 0.678. The number of rotatable bonds is 3. The molecule has 3 rings (SSSR count). The maximum Gasteiger partial charge on any atom is 0.313 e. The molecule has 1 aliphatic heterocycles. The lowest BCUT2D eigenvalue weighted by atomic mass is 9.90. The van der Waals surface area contributed by atoms with E-state index in [9.17, 15) is 4.79 Å². The zero-order chi connectivity index (χ0) is 14.2. The number of anilines is 1. The number of nitrogens with one attached hydrogen (secondary N) is 1. The largest absolute Gasteiger partial charge is 0.466 e. The minimum absolute atomic E-state index is 0.139. The molecule has 1 saturated heterocycles. The fourth-order valence-corrected chi connectivity index (χ4v) is 2.62. The number of H-pyrrole nitrogens is 1. The standard InChI is InChI=1S/C13H17N5O2/c1-3-20-12(19)13(2)4-5-18(7-13)11-9-6-16-17-10(9)14-8-15-11/h6,8H,3-5,7H2,1-2H3,(H,14,15,16,17). The number of aromatic amines is 1. The highest BCUT2D eigenvalue weighted by Gasteiger charge is 2.42. The number of carbonyl (C=O) groups is 1. The third-order valence-electron chi connectivity index (χ3n) is 3.77. The first-order valence-electron chi connectivity index (χ1n) is 6.70. The molecule has 0 aliphatic carbocycles. The summed E-state index contributed by atoms with van der Waals surface area (Å²) in [6.45, 7) is 5.55. The van der Waals surface area contributed by atoms with Crippen molar-refractivity contribution in [3.05, 3.63) is 12.5 Å². The molecule has 0 spiro atoms. The number of hydrogen-bond acceptors (Lipinski definition) is 6. The van der Waals surface area contributed by atoms with Crippen molar-refractivity contribution in [2.24, 2.45) is 5.41 Å². The summed E-state index contributed by atoms with van der Waals surface area (Å²) < 4.78 is 5.17. The van der Waals surface area contributed by atoms with Crippen LogP contribution in [0.4, 0.5) is 5.82 Å². The molecule has 7 heteroatoms. The Bertz CT molecular complexity index is 640. The highest BCUT2D eigenvalue weighted by Crippen LogP contribution is 2.35. The van der Waals surface area contributed by atoms with Crippen LogP contribution in [-0.4, -0.2) is 45.8 Å². The van der Waals surface area contributed by atoms with E-state index < -0.39 is 5.41 Å². The van der Waals surface area contributed by atoms with Gasteiger partial charge in [-0.1, -0.05) is 0 Å². The van der Waals surface area contributed by atoms with Crippen LogP contribution < -0.4 is 4.90 Å². The highest BCUT2D eigenvalue weighted by atomic mass is 16.5. The van der Waals surface area contributed by atoms with Gasteiger partial charge in [-0.15, -0.1) is 0 Å². The molecular weight excluding hydrogens is 258 g/mol. The SMILES string of the molecule is CCOC(=O)C1(C)CCN(c2ncnc3[nH]ncc23)C1. The average molecular weight is 275 g/mol. The molecule has 0 aromatic carbocycles. The van der Waals surface area contributed by atoms with Gasteiger partial charge < -0.3 is 9.64 Å². The summed E-state index contributed by atoms with van der Waals surface area (Å²) in [6.07, 6.45) is 3.98.